The van der Waals surface area contributed by atoms with Gasteiger partial charge in [0, 0.05) is 67.8 Å². The Morgan fingerprint density at radius 3 is 1.35 bits per heavy atom. The van der Waals surface area contributed by atoms with Crippen molar-refractivity contribution in [3.05, 3.63) is 0 Å². The molecule has 0 aromatic carbocycles. The van der Waals surface area contributed by atoms with Crippen molar-refractivity contribution in [1.29, 1.82) is 0 Å². The highest BCUT2D eigenvalue weighted by Crippen LogP contribution is 2.18. The van der Waals surface area contributed by atoms with Gasteiger partial charge in [0.2, 0.25) is 0 Å². The molecule has 0 aromatic heterocycles. The van der Waals surface area contributed by atoms with Crippen LogP contribution < -0.4 is 0 Å². The van der Waals surface area contributed by atoms with Crippen molar-refractivity contribution in [2.75, 3.05) is 62.4 Å². The molecule has 0 rings (SSSR count). The van der Waals surface area contributed by atoms with E-state index in [0.29, 0.717) is 44.6 Å². The minimum atomic E-state index is -2.65. The Morgan fingerprint density at radius 2 is 1.08 bits per heavy atom. The lowest BCUT2D eigenvalue weighted by atomic mass is 10.4. The summed E-state index contributed by atoms with van der Waals surface area (Å²) in [4.78, 5) is 13.9. The predicted molar refractivity (Wildman–Crippen MR) is 101 cm³/mol. The van der Waals surface area contributed by atoms with E-state index in [-0.39, 0.29) is 6.09 Å². The SMILES string of the molecule is CCOC(=O)N(CCC[Si](OC)(OC)OC)CCC[Si](OC)(OC)OC. The summed E-state index contributed by atoms with van der Waals surface area (Å²) >= 11 is 0. The summed E-state index contributed by atoms with van der Waals surface area (Å²) < 4.78 is 37.6. The minimum Gasteiger partial charge on any atom is -0.450 e. The normalized spacial score (nSPS) is 12.3. The van der Waals surface area contributed by atoms with Gasteiger partial charge in [-0.15, -0.1) is 0 Å². The number of rotatable bonds is 15. The molecule has 0 heterocycles. The van der Waals surface area contributed by atoms with Crippen LogP contribution >= 0.6 is 0 Å². The Kier molecular flexibility index (Phi) is 13.3. The lowest BCUT2D eigenvalue weighted by Gasteiger charge is -2.28. The third-order valence-corrected chi connectivity index (χ3v) is 9.88. The van der Waals surface area contributed by atoms with Gasteiger partial charge in [0.25, 0.3) is 0 Å². The summed E-state index contributed by atoms with van der Waals surface area (Å²) in [6, 6.07) is 1.22. The highest BCUT2D eigenvalue weighted by Gasteiger charge is 2.38. The second kappa shape index (κ2) is 13.6. The molecular formula is C15H35NO8Si2. The summed E-state index contributed by atoms with van der Waals surface area (Å²) in [7, 11) is 4.16. The van der Waals surface area contributed by atoms with Gasteiger partial charge in [0.1, 0.15) is 0 Å². The fraction of sp³-hybridized carbons (Fsp3) is 0.933. The number of hydrogen-bond acceptors (Lipinski definition) is 8. The molecular weight excluding hydrogens is 378 g/mol. The lowest BCUT2D eigenvalue weighted by Crippen LogP contribution is -2.44. The van der Waals surface area contributed by atoms with Crippen molar-refractivity contribution in [3.63, 3.8) is 0 Å². The third kappa shape index (κ3) is 8.00. The summed E-state index contributed by atoms with van der Waals surface area (Å²) in [5, 5.41) is 0. The van der Waals surface area contributed by atoms with Crippen LogP contribution in [0.25, 0.3) is 0 Å². The third-order valence-electron chi connectivity index (χ3n) is 4.21. The van der Waals surface area contributed by atoms with Crippen molar-refractivity contribution < 1.29 is 36.1 Å². The molecule has 0 atom stereocenters. The maximum absolute atomic E-state index is 12.2. The van der Waals surface area contributed by atoms with Gasteiger partial charge in [-0.3, -0.25) is 0 Å². The lowest BCUT2D eigenvalue weighted by molar-refractivity contribution is 0.0995. The van der Waals surface area contributed by atoms with Crippen LogP contribution in [-0.4, -0.2) is 91.0 Å². The molecule has 26 heavy (non-hydrogen) atoms. The first-order valence-corrected chi connectivity index (χ1v) is 12.5. The number of ether oxygens (including phenoxy) is 1. The molecule has 156 valence electrons. The molecule has 0 radical (unpaired) electrons. The Bertz CT molecular complexity index is 338. The van der Waals surface area contributed by atoms with E-state index in [9.17, 15) is 4.79 Å². The van der Waals surface area contributed by atoms with Gasteiger partial charge in [0.05, 0.1) is 6.61 Å². The smallest absolute Gasteiger partial charge is 0.450 e. The number of hydrogen-bond donors (Lipinski definition) is 0. The first kappa shape index (κ1) is 25.5. The largest absolute Gasteiger partial charge is 0.500 e. The van der Waals surface area contributed by atoms with Gasteiger partial charge in [-0.05, 0) is 19.8 Å². The highest BCUT2D eigenvalue weighted by molar-refractivity contribution is 6.60. The Balaban J connectivity index is 4.70. The van der Waals surface area contributed by atoms with E-state index < -0.39 is 17.6 Å². The predicted octanol–water partition coefficient (Wildman–Crippen LogP) is 1.98. The second-order valence-corrected chi connectivity index (χ2v) is 11.7. The Labute approximate surface area is 159 Å². The molecule has 0 saturated heterocycles. The standard InChI is InChI=1S/C15H35NO8Si2/c1-8-24-15(17)16(11-9-13-25(18-2,19-3)20-4)12-10-14-26(21-5,22-6)23-7/h8-14H2,1-7H3. The molecule has 0 saturated carbocycles. The van der Waals surface area contributed by atoms with Crippen LogP contribution in [0.5, 0.6) is 0 Å². The Hall–Kier alpha value is -0.536. The summed E-state index contributed by atoms with van der Waals surface area (Å²) in [6.07, 6.45) is 1.02. The Morgan fingerprint density at radius 1 is 0.731 bits per heavy atom. The molecule has 0 aliphatic heterocycles. The molecule has 1 amide bonds. The zero-order chi connectivity index (χ0) is 20.1. The summed E-state index contributed by atoms with van der Waals surface area (Å²) in [6.45, 7) is 3.15. The molecule has 0 fully saturated rings. The molecule has 0 aliphatic carbocycles. The van der Waals surface area contributed by atoms with E-state index in [1.54, 1.807) is 54.5 Å². The van der Waals surface area contributed by atoms with Crippen LogP contribution in [0, 0.1) is 0 Å². The zero-order valence-electron chi connectivity index (χ0n) is 17.2. The van der Waals surface area contributed by atoms with Gasteiger partial charge < -0.3 is 36.2 Å². The van der Waals surface area contributed by atoms with Crippen molar-refractivity contribution in [2.45, 2.75) is 31.9 Å². The number of amides is 1. The average Bonchev–Trinajstić information content (AvgIpc) is 2.68. The van der Waals surface area contributed by atoms with E-state index in [1.807, 2.05) is 0 Å². The van der Waals surface area contributed by atoms with Gasteiger partial charge in [0.15, 0.2) is 0 Å². The van der Waals surface area contributed by atoms with Crippen LogP contribution in [0.4, 0.5) is 4.79 Å². The first-order chi connectivity index (χ1) is 12.4. The maximum atomic E-state index is 12.2. The fourth-order valence-electron chi connectivity index (χ4n) is 2.59. The topological polar surface area (TPSA) is 84.9 Å². The first-order valence-electron chi connectivity index (χ1n) is 8.64. The number of nitrogens with zero attached hydrogens (tertiary/aromatic N) is 1. The molecule has 0 aromatic rings. The molecule has 0 aliphatic rings. The van der Waals surface area contributed by atoms with E-state index >= 15 is 0 Å². The van der Waals surface area contributed by atoms with Crippen LogP contribution in [-0.2, 0) is 31.3 Å². The van der Waals surface area contributed by atoms with E-state index in [0.717, 1.165) is 0 Å². The van der Waals surface area contributed by atoms with Crippen LogP contribution in [0.2, 0.25) is 12.1 Å². The molecule has 0 unspecified atom stereocenters. The van der Waals surface area contributed by atoms with Gasteiger partial charge in [-0.1, -0.05) is 0 Å². The van der Waals surface area contributed by atoms with E-state index in [2.05, 4.69) is 0 Å². The summed E-state index contributed by atoms with van der Waals surface area (Å²) in [5.74, 6) is 0. The fourth-order valence-corrected chi connectivity index (χ4v) is 6.00. The zero-order valence-corrected chi connectivity index (χ0v) is 19.2. The van der Waals surface area contributed by atoms with E-state index in [1.165, 1.54) is 0 Å². The highest BCUT2D eigenvalue weighted by atomic mass is 28.4. The summed E-state index contributed by atoms with van der Waals surface area (Å²) in [5.41, 5.74) is 0. The van der Waals surface area contributed by atoms with Crippen LogP contribution in [0.1, 0.15) is 19.8 Å². The second-order valence-electron chi connectivity index (χ2n) is 5.48. The van der Waals surface area contributed by atoms with Gasteiger partial charge in [-0.2, -0.15) is 0 Å². The van der Waals surface area contributed by atoms with E-state index in [4.69, 9.17) is 31.3 Å². The quantitative estimate of drug-likeness (QED) is 0.377. The average molecular weight is 414 g/mol. The number of carbonyl (C=O) groups excluding carboxylic acids is 1. The number of carbonyl (C=O) groups is 1. The minimum absolute atomic E-state index is 0.329. The molecule has 9 nitrogen and oxygen atoms in total. The monoisotopic (exact) mass is 413 g/mol. The van der Waals surface area contributed by atoms with Gasteiger partial charge >= 0.3 is 23.7 Å². The molecule has 11 heteroatoms. The molecule has 0 bridgehead atoms. The van der Waals surface area contributed by atoms with Crippen LogP contribution in [0.3, 0.4) is 0 Å². The van der Waals surface area contributed by atoms with Gasteiger partial charge in [-0.25, -0.2) is 4.79 Å². The van der Waals surface area contributed by atoms with Crippen molar-refractivity contribution in [3.8, 4) is 0 Å². The van der Waals surface area contributed by atoms with Crippen molar-refractivity contribution >= 4 is 23.7 Å². The molecule has 0 spiro atoms. The van der Waals surface area contributed by atoms with Crippen LogP contribution in [0.15, 0.2) is 0 Å². The van der Waals surface area contributed by atoms with Crippen molar-refractivity contribution in [1.82, 2.24) is 4.90 Å². The maximum Gasteiger partial charge on any atom is 0.500 e. The molecule has 0 N–H and O–H groups in total. The van der Waals surface area contributed by atoms with Crippen molar-refractivity contribution in [2.24, 2.45) is 0 Å².